The van der Waals surface area contributed by atoms with Crippen molar-refractivity contribution in [1.82, 2.24) is 0 Å². The van der Waals surface area contributed by atoms with Gasteiger partial charge in [0.25, 0.3) is 10.0 Å². The molecule has 0 saturated carbocycles. The van der Waals surface area contributed by atoms with Crippen LogP contribution in [0.15, 0.2) is 47.4 Å². The first-order valence-corrected chi connectivity index (χ1v) is 8.06. The summed E-state index contributed by atoms with van der Waals surface area (Å²) in [6.07, 6.45) is 0.525. The van der Waals surface area contributed by atoms with Gasteiger partial charge in [-0.3, -0.25) is 4.72 Å². The molecule has 2 aromatic rings. The lowest BCUT2D eigenvalue weighted by Crippen LogP contribution is -2.13. The minimum absolute atomic E-state index is 0.0298. The van der Waals surface area contributed by atoms with Gasteiger partial charge in [-0.1, -0.05) is 23.7 Å². The van der Waals surface area contributed by atoms with E-state index >= 15 is 0 Å². The van der Waals surface area contributed by atoms with Crippen LogP contribution < -0.4 is 10.5 Å². The van der Waals surface area contributed by atoms with Gasteiger partial charge in [0, 0.05) is 18.0 Å². The van der Waals surface area contributed by atoms with Crippen molar-refractivity contribution in [1.29, 1.82) is 0 Å². The van der Waals surface area contributed by atoms with E-state index in [4.69, 9.17) is 22.4 Å². The van der Waals surface area contributed by atoms with Crippen molar-refractivity contribution >= 4 is 33.0 Å². The van der Waals surface area contributed by atoms with E-state index < -0.39 is 10.0 Å². The summed E-state index contributed by atoms with van der Waals surface area (Å²) < 4.78 is 27.0. The highest BCUT2D eigenvalue weighted by atomic mass is 35.5. The predicted octanol–water partition coefficient (Wildman–Crippen LogP) is 2.26. The molecule has 0 heterocycles. The van der Waals surface area contributed by atoms with E-state index in [0.717, 1.165) is 5.56 Å². The quantitative estimate of drug-likeness (QED) is 0.735. The average Bonchev–Trinajstić information content (AvgIpc) is 2.40. The second kappa shape index (κ2) is 6.34. The van der Waals surface area contributed by atoms with Crippen LogP contribution in [0.3, 0.4) is 0 Å². The van der Waals surface area contributed by atoms with Crippen LogP contribution in [0.5, 0.6) is 0 Å². The summed E-state index contributed by atoms with van der Waals surface area (Å²) in [6, 6.07) is 11.0. The number of halogens is 1. The maximum Gasteiger partial charge on any atom is 0.263 e. The summed E-state index contributed by atoms with van der Waals surface area (Å²) in [4.78, 5) is -0.0298. The fourth-order valence-electron chi connectivity index (χ4n) is 1.81. The normalized spacial score (nSPS) is 11.3. The molecular formula is C14H15ClN2O3S. The summed E-state index contributed by atoms with van der Waals surface area (Å²) in [5, 5.41) is 8.91. The molecule has 0 unspecified atom stereocenters. The molecule has 7 heteroatoms. The monoisotopic (exact) mass is 326 g/mol. The van der Waals surface area contributed by atoms with Crippen LogP contribution in [0.25, 0.3) is 0 Å². The van der Waals surface area contributed by atoms with Crippen LogP contribution in [0.2, 0.25) is 5.02 Å². The Kier molecular flexibility index (Phi) is 4.72. The van der Waals surface area contributed by atoms with Gasteiger partial charge in [-0.25, -0.2) is 8.42 Å². The molecule has 0 radical (unpaired) electrons. The Morgan fingerprint density at radius 3 is 2.38 bits per heavy atom. The zero-order valence-electron chi connectivity index (χ0n) is 11.1. The Balaban J connectivity index is 2.24. The van der Waals surface area contributed by atoms with Gasteiger partial charge < -0.3 is 10.8 Å². The highest BCUT2D eigenvalue weighted by Gasteiger charge is 2.18. The first-order valence-electron chi connectivity index (χ1n) is 6.20. The van der Waals surface area contributed by atoms with Crippen molar-refractivity contribution in [2.24, 2.45) is 0 Å². The van der Waals surface area contributed by atoms with Crippen molar-refractivity contribution in [3.05, 3.63) is 53.1 Å². The molecule has 0 aliphatic carbocycles. The lowest BCUT2D eigenvalue weighted by molar-refractivity contribution is 0.299. The number of benzene rings is 2. The van der Waals surface area contributed by atoms with Gasteiger partial charge >= 0.3 is 0 Å². The average molecular weight is 327 g/mol. The van der Waals surface area contributed by atoms with Crippen LogP contribution in [-0.2, 0) is 16.4 Å². The van der Waals surface area contributed by atoms with Gasteiger partial charge in [0.05, 0.1) is 5.02 Å². The maximum absolute atomic E-state index is 12.3. The third kappa shape index (κ3) is 3.87. The first-order chi connectivity index (χ1) is 9.92. The van der Waals surface area contributed by atoms with Crippen molar-refractivity contribution in [2.75, 3.05) is 17.1 Å². The van der Waals surface area contributed by atoms with E-state index in [1.807, 2.05) is 0 Å². The van der Waals surface area contributed by atoms with Gasteiger partial charge in [0.15, 0.2) is 0 Å². The van der Waals surface area contributed by atoms with Gasteiger partial charge in [-0.05, 0) is 42.3 Å². The SMILES string of the molecule is Nc1ccc(S(=O)(=O)Nc2ccc(CCO)cc2)c(Cl)c1. The second-order valence-corrected chi connectivity index (χ2v) is 6.52. The van der Waals surface area contributed by atoms with Crippen LogP contribution in [0.4, 0.5) is 11.4 Å². The Hall–Kier alpha value is -1.76. The number of aliphatic hydroxyl groups is 1. The Labute approximate surface area is 128 Å². The van der Waals surface area contributed by atoms with E-state index in [1.165, 1.54) is 18.2 Å². The highest BCUT2D eigenvalue weighted by Crippen LogP contribution is 2.25. The topological polar surface area (TPSA) is 92.4 Å². The molecule has 0 bridgehead atoms. The highest BCUT2D eigenvalue weighted by molar-refractivity contribution is 7.92. The standard InChI is InChI=1S/C14H15ClN2O3S/c15-13-9-11(16)3-6-14(13)21(19,20)17-12-4-1-10(2-5-12)7-8-18/h1-6,9,17-18H,7-8,16H2. The molecule has 5 nitrogen and oxygen atoms in total. The third-order valence-corrected chi connectivity index (χ3v) is 4.72. The van der Waals surface area contributed by atoms with Crippen molar-refractivity contribution < 1.29 is 13.5 Å². The number of nitrogens with two attached hydrogens (primary N) is 1. The Morgan fingerprint density at radius 2 is 1.81 bits per heavy atom. The van der Waals surface area contributed by atoms with Crippen molar-refractivity contribution in [3.8, 4) is 0 Å². The number of hydrogen-bond donors (Lipinski definition) is 3. The number of sulfonamides is 1. The minimum atomic E-state index is -3.77. The van der Waals surface area contributed by atoms with Crippen molar-refractivity contribution in [2.45, 2.75) is 11.3 Å². The van der Waals surface area contributed by atoms with Crippen LogP contribution in [0.1, 0.15) is 5.56 Å². The van der Waals surface area contributed by atoms with Crippen LogP contribution in [-0.4, -0.2) is 20.1 Å². The number of anilines is 2. The summed E-state index contributed by atoms with van der Waals surface area (Å²) in [6.45, 7) is 0.0477. The molecule has 0 spiro atoms. The molecule has 2 aromatic carbocycles. The predicted molar refractivity (Wildman–Crippen MR) is 83.9 cm³/mol. The van der Waals surface area contributed by atoms with Crippen LogP contribution >= 0.6 is 11.6 Å². The van der Waals surface area contributed by atoms with E-state index in [1.54, 1.807) is 24.3 Å². The Bertz CT molecular complexity index is 730. The molecule has 0 aromatic heterocycles. The number of aliphatic hydroxyl groups excluding tert-OH is 1. The molecule has 4 N–H and O–H groups in total. The number of nitrogens with one attached hydrogen (secondary N) is 1. The molecule has 0 amide bonds. The van der Waals surface area contributed by atoms with Crippen molar-refractivity contribution in [3.63, 3.8) is 0 Å². The molecule has 0 saturated heterocycles. The second-order valence-electron chi connectivity index (χ2n) is 4.47. The third-order valence-electron chi connectivity index (χ3n) is 2.85. The number of rotatable bonds is 5. The fourth-order valence-corrected chi connectivity index (χ4v) is 3.43. The lowest BCUT2D eigenvalue weighted by atomic mass is 10.1. The van der Waals surface area contributed by atoms with E-state index in [-0.39, 0.29) is 16.5 Å². The Morgan fingerprint density at radius 1 is 1.14 bits per heavy atom. The molecule has 0 atom stereocenters. The van der Waals surface area contributed by atoms with Gasteiger partial charge in [-0.2, -0.15) is 0 Å². The summed E-state index contributed by atoms with van der Waals surface area (Å²) in [7, 11) is -3.77. The molecular weight excluding hydrogens is 312 g/mol. The summed E-state index contributed by atoms with van der Waals surface area (Å²) in [5.41, 5.74) is 7.29. The minimum Gasteiger partial charge on any atom is -0.399 e. The zero-order valence-corrected chi connectivity index (χ0v) is 12.7. The zero-order chi connectivity index (χ0) is 15.5. The van der Waals surface area contributed by atoms with E-state index in [9.17, 15) is 8.42 Å². The molecule has 21 heavy (non-hydrogen) atoms. The smallest absolute Gasteiger partial charge is 0.263 e. The van der Waals surface area contributed by atoms with Gasteiger partial charge in [-0.15, -0.1) is 0 Å². The lowest BCUT2D eigenvalue weighted by Gasteiger charge is -2.10. The molecule has 0 aliphatic heterocycles. The van der Waals surface area contributed by atoms with E-state index in [0.29, 0.717) is 17.8 Å². The first kappa shape index (κ1) is 15.6. The van der Waals surface area contributed by atoms with Crippen LogP contribution in [0, 0.1) is 0 Å². The van der Waals surface area contributed by atoms with E-state index in [2.05, 4.69) is 4.72 Å². The van der Waals surface area contributed by atoms with Gasteiger partial charge in [0.2, 0.25) is 0 Å². The summed E-state index contributed by atoms with van der Waals surface area (Å²) >= 11 is 5.92. The van der Waals surface area contributed by atoms with Gasteiger partial charge in [0.1, 0.15) is 4.90 Å². The molecule has 0 fully saturated rings. The molecule has 0 aliphatic rings. The molecule has 2 rings (SSSR count). The summed E-state index contributed by atoms with van der Waals surface area (Å²) in [5.74, 6) is 0. The fraction of sp³-hybridized carbons (Fsp3) is 0.143. The largest absolute Gasteiger partial charge is 0.399 e. The number of hydrogen-bond acceptors (Lipinski definition) is 4. The molecule has 112 valence electrons. The number of nitrogen functional groups attached to an aromatic ring is 1. The maximum atomic E-state index is 12.3.